The van der Waals surface area contributed by atoms with Crippen molar-refractivity contribution in [3.8, 4) is 0 Å². The van der Waals surface area contributed by atoms with Crippen LogP contribution < -0.4 is 0 Å². The predicted octanol–water partition coefficient (Wildman–Crippen LogP) is 0.757. The fraction of sp³-hybridized carbons (Fsp3) is 0.778. The number of aliphatic imine (C=N–C) groups is 1. The summed E-state index contributed by atoms with van der Waals surface area (Å²) in [6, 6.07) is -0.331. The first-order valence-corrected chi connectivity index (χ1v) is 4.42. The molecule has 0 bridgehead atoms. The minimum Gasteiger partial charge on any atom is -0.484 e. The monoisotopic (exact) mass is 183 g/mol. The summed E-state index contributed by atoms with van der Waals surface area (Å²) in [7, 11) is 3.00. The molecule has 0 amide bonds. The number of hydrogen-bond donors (Lipinski definition) is 0. The largest absolute Gasteiger partial charge is 0.484 e. The first-order valence-electron chi connectivity index (χ1n) is 4.42. The van der Waals surface area contributed by atoms with Gasteiger partial charge in [-0.3, -0.25) is 0 Å². The normalized spacial score (nSPS) is 28.5. The van der Waals surface area contributed by atoms with Crippen LogP contribution in [0, 0.1) is 5.41 Å². The lowest BCUT2D eigenvalue weighted by atomic mass is 10.0. The van der Waals surface area contributed by atoms with Gasteiger partial charge < -0.3 is 9.47 Å². The molecule has 1 aliphatic heterocycles. The minimum atomic E-state index is -0.331. The van der Waals surface area contributed by atoms with Crippen molar-refractivity contribution in [1.82, 2.24) is 0 Å². The Morgan fingerprint density at radius 3 is 2.62 bits per heavy atom. The average molecular weight is 183 g/mol. The predicted molar refractivity (Wildman–Crippen MR) is 46.5 cm³/mol. The summed E-state index contributed by atoms with van der Waals surface area (Å²) in [5.74, 6) is 0.487. The molecule has 4 nitrogen and oxygen atoms in total. The Balaban J connectivity index is 2.12. The van der Waals surface area contributed by atoms with Crippen LogP contribution in [0.5, 0.6) is 0 Å². The van der Waals surface area contributed by atoms with Gasteiger partial charge in [0.1, 0.15) is 0 Å². The molecule has 1 atom stereocenters. The van der Waals surface area contributed by atoms with Crippen LogP contribution in [0.1, 0.15) is 19.3 Å². The molecule has 0 saturated heterocycles. The second kappa shape index (κ2) is 2.72. The van der Waals surface area contributed by atoms with Crippen molar-refractivity contribution in [2.24, 2.45) is 10.4 Å². The molecule has 0 N–H and O–H groups in total. The summed E-state index contributed by atoms with van der Waals surface area (Å²) in [5.41, 5.74) is 0.0909. The number of nitrogens with zero attached hydrogens (tertiary/aromatic N) is 1. The highest BCUT2D eigenvalue weighted by Gasteiger charge is 2.55. The van der Waals surface area contributed by atoms with Crippen molar-refractivity contribution in [2.45, 2.75) is 25.3 Å². The molecule has 1 saturated carbocycles. The maximum Gasteiger partial charge on any atom is 0.330 e. The summed E-state index contributed by atoms with van der Waals surface area (Å²) >= 11 is 0. The highest BCUT2D eigenvalue weighted by atomic mass is 16.5. The van der Waals surface area contributed by atoms with E-state index in [1.807, 2.05) is 0 Å². The third-order valence-electron chi connectivity index (χ3n) is 2.83. The summed E-state index contributed by atoms with van der Waals surface area (Å²) in [6.07, 6.45) is 2.95. The molecule has 0 unspecified atom stereocenters. The van der Waals surface area contributed by atoms with E-state index in [4.69, 9.17) is 4.74 Å². The maximum absolute atomic E-state index is 11.2. The lowest BCUT2D eigenvalue weighted by molar-refractivity contribution is -0.142. The van der Waals surface area contributed by atoms with E-state index in [9.17, 15) is 4.79 Å². The molecule has 1 aliphatic carbocycles. The molecular formula is C9H13NO3. The van der Waals surface area contributed by atoms with E-state index in [-0.39, 0.29) is 17.4 Å². The standard InChI is InChI=1S/C9H13NO3/c1-12-7(11)6-5-9(3-4-9)8(10-6)13-2/h6H,3-5H2,1-2H3/t6-/m0/s1. The fourth-order valence-electron chi connectivity index (χ4n) is 1.89. The van der Waals surface area contributed by atoms with Gasteiger partial charge in [-0.05, 0) is 19.3 Å². The van der Waals surface area contributed by atoms with Crippen LogP contribution in [0.4, 0.5) is 0 Å². The van der Waals surface area contributed by atoms with Crippen LogP contribution in [0.25, 0.3) is 0 Å². The molecule has 0 aromatic rings. The van der Waals surface area contributed by atoms with Crippen molar-refractivity contribution >= 4 is 11.9 Å². The Hall–Kier alpha value is -1.06. The van der Waals surface area contributed by atoms with E-state index in [1.165, 1.54) is 7.11 Å². The average Bonchev–Trinajstić information content (AvgIpc) is 2.79. The van der Waals surface area contributed by atoms with Gasteiger partial charge in [-0.1, -0.05) is 0 Å². The molecule has 13 heavy (non-hydrogen) atoms. The molecule has 0 aromatic heterocycles. The van der Waals surface area contributed by atoms with E-state index in [1.54, 1.807) is 7.11 Å². The van der Waals surface area contributed by atoms with Crippen LogP contribution in [-0.4, -0.2) is 32.1 Å². The fourth-order valence-corrected chi connectivity index (χ4v) is 1.89. The number of rotatable bonds is 1. The molecule has 72 valence electrons. The van der Waals surface area contributed by atoms with Gasteiger partial charge in [0, 0.05) is 5.41 Å². The van der Waals surface area contributed by atoms with Gasteiger partial charge in [0.25, 0.3) is 0 Å². The molecule has 0 radical (unpaired) electrons. The number of methoxy groups -OCH3 is 2. The first-order chi connectivity index (χ1) is 6.22. The lowest BCUT2D eigenvalue weighted by Crippen LogP contribution is -2.19. The number of hydrogen-bond acceptors (Lipinski definition) is 4. The van der Waals surface area contributed by atoms with Gasteiger partial charge >= 0.3 is 5.97 Å². The second-order valence-corrected chi connectivity index (χ2v) is 3.66. The van der Waals surface area contributed by atoms with Crippen molar-refractivity contribution in [1.29, 1.82) is 0 Å². The Morgan fingerprint density at radius 1 is 1.54 bits per heavy atom. The molecule has 1 fully saturated rings. The van der Waals surface area contributed by atoms with Crippen molar-refractivity contribution < 1.29 is 14.3 Å². The second-order valence-electron chi connectivity index (χ2n) is 3.66. The summed E-state index contributed by atoms with van der Waals surface area (Å²) in [6.45, 7) is 0. The maximum atomic E-state index is 11.2. The van der Waals surface area contributed by atoms with Crippen molar-refractivity contribution in [3.05, 3.63) is 0 Å². The smallest absolute Gasteiger partial charge is 0.330 e. The highest BCUT2D eigenvalue weighted by Crippen LogP contribution is 2.54. The van der Waals surface area contributed by atoms with E-state index < -0.39 is 0 Å². The van der Waals surface area contributed by atoms with E-state index in [0.29, 0.717) is 0 Å². The Bertz CT molecular complexity index is 268. The lowest BCUT2D eigenvalue weighted by Gasteiger charge is -2.07. The molecule has 1 spiro atoms. The van der Waals surface area contributed by atoms with E-state index in [2.05, 4.69) is 9.73 Å². The SMILES string of the molecule is COC(=O)[C@@H]1CC2(CC2)C(OC)=N1. The summed E-state index contributed by atoms with van der Waals surface area (Å²) in [5, 5.41) is 0. The van der Waals surface area contributed by atoms with Crippen molar-refractivity contribution in [3.63, 3.8) is 0 Å². The first kappa shape index (κ1) is 8.53. The van der Waals surface area contributed by atoms with Gasteiger partial charge in [-0.25, -0.2) is 9.79 Å². The topological polar surface area (TPSA) is 47.9 Å². The van der Waals surface area contributed by atoms with Crippen LogP contribution in [0.3, 0.4) is 0 Å². The zero-order valence-corrected chi connectivity index (χ0v) is 7.87. The quantitative estimate of drug-likeness (QED) is 0.564. The van der Waals surface area contributed by atoms with Gasteiger partial charge in [0.2, 0.25) is 0 Å². The molecule has 2 aliphatic rings. The zero-order valence-electron chi connectivity index (χ0n) is 7.87. The number of carbonyl (C=O) groups excluding carboxylic acids is 1. The van der Waals surface area contributed by atoms with Crippen LogP contribution in [0.15, 0.2) is 4.99 Å². The summed E-state index contributed by atoms with van der Waals surface area (Å²) < 4.78 is 9.80. The minimum absolute atomic E-state index is 0.0909. The highest BCUT2D eigenvalue weighted by molar-refractivity contribution is 5.92. The van der Waals surface area contributed by atoms with E-state index in [0.717, 1.165) is 25.2 Å². The van der Waals surface area contributed by atoms with Gasteiger partial charge in [-0.2, -0.15) is 0 Å². The molecule has 4 heteroatoms. The number of esters is 1. The van der Waals surface area contributed by atoms with E-state index >= 15 is 0 Å². The van der Waals surface area contributed by atoms with Crippen molar-refractivity contribution in [2.75, 3.05) is 14.2 Å². The Kier molecular flexibility index (Phi) is 1.78. The zero-order chi connectivity index (χ0) is 9.47. The molecule has 2 rings (SSSR count). The molecule has 0 aromatic carbocycles. The Morgan fingerprint density at radius 2 is 2.23 bits per heavy atom. The molecular weight excluding hydrogens is 170 g/mol. The Labute approximate surface area is 76.9 Å². The molecule has 1 heterocycles. The van der Waals surface area contributed by atoms with Crippen LogP contribution in [0.2, 0.25) is 0 Å². The van der Waals surface area contributed by atoms with Crippen LogP contribution in [-0.2, 0) is 14.3 Å². The number of carbonyl (C=O) groups is 1. The van der Waals surface area contributed by atoms with Gasteiger partial charge in [-0.15, -0.1) is 0 Å². The van der Waals surface area contributed by atoms with Crippen LogP contribution >= 0.6 is 0 Å². The number of ether oxygens (including phenoxy) is 2. The summed E-state index contributed by atoms with van der Waals surface area (Å²) in [4.78, 5) is 15.4. The third-order valence-corrected chi connectivity index (χ3v) is 2.83. The van der Waals surface area contributed by atoms with Gasteiger partial charge in [0.05, 0.1) is 14.2 Å². The third kappa shape index (κ3) is 1.20. The van der Waals surface area contributed by atoms with Gasteiger partial charge in [0.15, 0.2) is 11.9 Å².